The second-order valence-corrected chi connectivity index (χ2v) is 15.6. The Labute approximate surface area is 205 Å². The fraction of sp³-hybridized carbons (Fsp3) is 0.586. The quantitative estimate of drug-likeness (QED) is 0.404. The van der Waals surface area contributed by atoms with E-state index in [0.29, 0.717) is 0 Å². The maximum absolute atomic E-state index is 13.3. The molecule has 1 N–H and O–H groups in total. The van der Waals surface area contributed by atoms with Gasteiger partial charge < -0.3 is 0 Å². The van der Waals surface area contributed by atoms with E-state index in [4.69, 9.17) is 0 Å². The first kappa shape index (κ1) is 25.1. The molecule has 0 radical (unpaired) electrons. The van der Waals surface area contributed by atoms with E-state index in [9.17, 15) is 4.21 Å². The van der Waals surface area contributed by atoms with E-state index in [-0.39, 0.29) is 18.7 Å². The minimum Gasteiger partial charge on any atom is -0.242 e. The first-order chi connectivity index (χ1) is 15.9. The molecule has 2 aliphatic rings. The second kappa shape index (κ2) is 11.6. The molecule has 0 amide bonds. The molecule has 2 aliphatic carbocycles. The van der Waals surface area contributed by atoms with Crippen molar-refractivity contribution in [3.05, 3.63) is 65.7 Å². The highest BCUT2D eigenvalue weighted by atomic mass is 32.2. The summed E-state index contributed by atoms with van der Waals surface area (Å²) in [5, 5.41) is 1.58. The van der Waals surface area contributed by atoms with Crippen LogP contribution in [-0.4, -0.2) is 20.3 Å². The minimum absolute atomic E-state index is 0.0420. The van der Waals surface area contributed by atoms with Gasteiger partial charge in [-0.15, -0.1) is 0 Å². The maximum atomic E-state index is 13.3. The molecular weight excluding hydrogens is 441 g/mol. The molecule has 0 heterocycles. The highest BCUT2D eigenvalue weighted by molar-refractivity contribution is 7.84. The molecular formula is C29H42NOPS. The summed E-state index contributed by atoms with van der Waals surface area (Å²) in [5.41, 5.74) is 4.28. The standard InChI is InChI=1S/C29H42NOPS/c1-29(2,3)33(31)30-28(23-15-7-4-8-16-23)26-21-13-14-22-27(26)32(24-17-9-5-10-18-24)25-19-11-6-12-20-25/h4,7-8,13-16,21-22,24-25,28,30H,5-6,9-12,17-20H2,1-3H3/t28-,33-/m0/s1. The van der Waals surface area contributed by atoms with Crippen LogP contribution in [0.5, 0.6) is 0 Å². The Kier molecular flexibility index (Phi) is 8.82. The zero-order valence-corrected chi connectivity index (χ0v) is 22.5. The summed E-state index contributed by atoms with van der Waals surface area (Å²) in [6.07, 6.45) is 14.0. The minimum atomic E-state index is -1.14. The molecule has 4 rings (SSSR count). The number of rotatable bonds is 7. The van der Waals surface area contributed by atoms with Crippen LogP contribution >= 0.6 is 7.92 Å². The van der Waals surface area contributed by atoms with Crippen molar-refractivity contribution in [1.29, 1.82) is 0 Å². The molecule has 2 nitrogen and oxygen atoms in total. The van der Waals surface area contributed by atoms with Gasteiger partial charge in [-0.1, -0.05) is 101 Å². The van der Waals surface area contributed by atoms with Crippen LogP contribution < -0.4 is 10.0 Å². The SMILES string of the molecule is CC(C)(C)[S@](=O)N[C@@H](c1ccccc1)c1ccccc1P(C1CCCCC1)C1CCCCC1. The Morgan fingerprint density at radius 2 is 1.30 bits per heavy atom. The summed E-state index contributed by atoms with van der Waals surface area (Å²) < 4.78 is 16.6. The van der Waals surface area contributed by atoms with Crippen molar-refractivity contribution in [2.75, 3.05) is 0 Å². The average Bonchev–Trinajstić information content (AvgIpc) is 2.84. The zero-order chi connectivity index (χ0) is 23.3. The van der Waals surface area contributed by atoms with E-state index in [1.165, 1.54) is 75.3 Å². The first-order valence-electron chi connectivity index (χ1n) is 13.1. The summed E-state index contributed by atoms with van der Waals surface area (Å²) in [4.78, 5) is 0. The van der Waals surface area contributed by atoms with E-state index in [1.54, 1.807) is 5.30 Å². The second-order valence-electron chi connectivity index (χ2n) is 10.9. The predicted molar refractivity (Wildman–Crippen MR) is 146 cm³/mol. The fourth-order valence-corrected chi connectivity index (χ4v) is 10.4. The van der Waals surface area contributed by atoms with Gasteiger partial charge in [-0.2, -0.15) is 0 Å². The van der Waals surface area contributed by atoms with Crippen LogP contribution in [-0.2, 0) is 11.0 Å². The van der Waals surface area contributed by atoms with Crippen molar-refractivity contribution >= 4 is 24.2 Å². The van der Waals surface area contributed by atoms with Gasteiger partial charge in [0.2, 0.25) is 0 Å². The molecule has 0 bridgehead atoms. The Bertz CT molecular complexity index is 879. The largest absolute Gasteiger partial charge is 0.242 e. The average molecular weight is 484 g/mol. The molecule has 4 heteroatoms. The summed E-state index contributed by atoms with van der Waals surface area (Å²) >= 11 is 0. The Balaban J connectivity index is 1.77. The van der Waals surface area contributed by atoms with E-state index < -0.39 is 11.0 Å². The lowest BCUT2D eigenvalue weighted by Gasteiger charge is -2.40. The van der Waals surface area contributed by atoms with E-state index >= 15 is 0 Å². The van der Waals surface area contributed by atoms with Crippen molar-refractivity contribution in [1.82, 2.24) is 4.72 Å². The van der Waals surface area contributed by atoms with Gasteiger partial charge in [0.15, 0.2) is 0 Å². The van der Waals surface area contributed by atoms with Crippen molar-refractivity contribution < 1.29 is 4.21 Å². The van der Waals surface area contributed by atoms with Gasteiger partial charge in [0.25, 0.3) is 0 Å². The molecule has 0 spiro atoms. The highest BCUT2D eigenvalue weighted by Crippen LogP contribution is 2.56. The van der Waals surface area contributed by atoms with Gasteiger partial charge in [0, 0.05) is 0 Å². The Hall–Kier alpha value is -1.02. The van der Waals surface area contributed by atoms with Gasteiger partial charge in [-0.3, -0.25) is 0 Å². The lowest BCUT2D eigenvalue weighted by Crippen LogP contribution is -2.38. The number of hydrogen-bond donors (Lipinski definition) is 1. The van der Waals surface area contributed by atoms with Crippen molar-refractivity contribution in [3.63, 3.8) is 0 Å². The van der Waals surface area contributed by atoms with E-state index in [0.717, 1.165) is 11.3 Å². The summed E-state index contributed by atoms with van der Waals surface area (Å²) in [7, 11) is -1.37. The van der Waals surface area contributed by atoms with Crippen LogP contribution in [0, 0.1) is 0 Å². The number of nitrogens with one attached hydrogen (secondary N) is 1. The zero-order valence-electron chi connectivity index (χ0n) is 20.8. The fourth-order valence-electron chi connectivity index (χ4n) is 5.62. The third-order valence-corrected chi connectivity index (χ3v) is 12.5. The van der Waals surface area contributed by atoms with Gasteiger partial charge in [0.1, 0.15) is 0 Å². The molecule has 0 aliphatic heterocycles. The molecule has 2 saturated carbocycles. The number of hydrogen-bond acceptors (Lipinski definition) is 1. The molecule has 2 fully saturated rings. The van der Waals surface area contributed by atoms with Gasteiger partial charge in [-0.25, -0.2) is 8.93 Å². The van der Waals surface area contributed by atoms with Gasteiger partial charge in [0.05, 0.1) is 21.8 Å². The monoisotopic (exact) mass is 483 g/mol. The normalized spacial score (nSPS) is 20.6. The number of benzene rings is 2. The van der Waals surface area contributed by atoms with Crippen molar-refractivity contribution in [2.45, 2.75) is 107 Å². The predicted octanol–water partition coefficient (Wildman–Crippen LogP) is 7.60. The van der Waals surface area contributed by atoms with Crippen LogP contribution in [0.15, 0.2) is 54.6 Å². The molecule has 0 saturated heterocycles. The molecule has 33 heavy (non-hydrogen) atoms. The molecule has 2 aromatic carbocycles. The Morgan fingerprint density at radius 1 is 0.788 bits per heavy atom. The molecule has 0 unspecified atom stereocenters. The van der Waals surface area contributed by atoms with Crippen LogP contribution in [0.3, 0.4) is 0 Å². The molecule has 180 valence electrons. The highest BCUT2D eigenvalue weighted by Gasteiger charge is 2.35. The third kappa shape index (κ3) is 6.36. The third-order valence-electron chi connectivity index (χ3n) is 7.38. The summed E-state index contributed by atoms with van der Waals surface area (Å²) in [6, 6.07) is 19.8. The first-order valence-corrected chi connectivity index (χ1v) is 15.7. The van der Waals surface area contributed by atoms with Crippen molar-refractivity contribution in [2.24, 2.45) is 0 Å². The smallest absolute Gasteiger partial charge is 0.0979 e. The molecule has 2 atom stereocenters. The Morgan fingerprint density at radius 3 is 1.85 bits per heavy atom. The van der Waals surface area contributed by atoms with Crippen LogP contribution in [0.2, 0.25) is 0 Å². The lowest BCUT2D eigenvalue weighted by molar-refractivity contribution is 0.487. The molecule has 2 aromatic rings. The topological polar surface area (TPSA) is 29.1 Å². The van der Waals surface area contributed by atoms with E-state index in [2.05, 4.69) is 80.1 Å². The van der Waals surface area contributed by atoms with E-state index in [1.807, 2.05) is 0 Å². The lowest BCUT2D eigenvalue weighted by atomic mass is 9.99. The van der Waals surface area contributed by atoms with Crippen LogP contribution in [0.4, 0.5) is 0 Å². The molecule has 0 aromatic heterocycles. The van der Waals surface area contributed by atoms with Crippen LogP contribution in [0.1, 0.15) is 102 Å². The maximum Gasteiger partial charge on any atom is 0.0979 e. The summed E-state index contributed by atoms with van der Waals surface area (Å²) in [6.45, 7) is 6.17. The van der Waals surface area contributed by atoms with Gasteiger partial charge in [-0.05, 0) is 74.2 Å². The van der Waals surface area contributed by atoms with Crippen LogP contribution in [0.25, 0.3) is 0 Å². The van der Waals surface area contributed by atoms with Gasteiger partial charge >= 0.3 is 0 Å². The summed E-state index contributed by atoms with van der Waals surface area (Å²) in [5.74, 6) is 0. The van der Waals surface area contributed by atoms with Crippen molar-refractivity contribution in [3.8, 4) is 0 Å².